The summed E-state index contributed by atoms with van der Waals surface area (Å²) in [5, 5.41) is 14.4. The normalized spacial score (nSPS) is 12.8. The molecule has 0 bridgehead atoms. The third-order valence-corrected chi connectivity index (χ3v) is 2.75. The maximum Gasteiger partial charge on any atom is 0.137 e. The molecular weight excluding hydrogens is 216 g/mol. The summed E-state index contributed by atoms with van der Waals surface area (Å²) < 4.78 is 1.93. The van der Waals surface area contributed by atoms with Gasteiger partial charge < -0.3 is 5.32 Å². The summed E-state index contributed by atoms with van der Waals surface area (Å²) in [6, 6.07) is 0.304. The average molecular weight is 234 g/mol. The molecule has 0 saturated carbocycles. The van der Waals surface area contributed by atoms with Crippen LogP contribution in [0.25, 0.3) is 0 Å². The Balaban J connectivity index is 1.78. The predicted molar refractivity (Wildman–Crippen MR) is 64.4 cm³/mol. The Labute approximate surface area is 100 Å². The number of nitrogens with zero attached hydrogens (tertiary/aromatic N) is 4. The fraction of sp³-hybridized carbons (Fsp3) is 0.545. The Hall–Kier alpha value is -1.69. The monoisotopic (exact) mass is 234 g/mol. The van der Waals surface area contributed by atoms with Crippen LogP contribution < -0.4 is 5.32 Å². The predicted octanol–water partition coefficient (Wildman–Crippen LogP) is 0.914. The second-order valence-electron chi connectivity index (χ2n) is 3.99. The molecule has 1 atom stereocenters. The van der Waals surface area contributed by atoms with Crippen LogP contribution in [0.1, 0.15) is 31.3 Å². The molecule has 6 heteroatoms. The maximum absolute atomic E-state index is 4.26. The van der Waals surface area contributed by atoms with Gasteiger partial charge in [-0.05, 0) is 13.8 Å². The first-order valence-electron chi connectivity index (χ1n) is 5.89. The first-order chi connectivity index (χ1) is 8.29. The standard InChI is InChI=1S/C11H18N6/c1-3-17-7-10(6-15-17)9(2)12-5-4-11-13-8-14-16-11/h6-9,12H,3-5H2,1-2H3,(H,13,14,16). The Morgan fingerprint density at radius 2 is 2.41 bits per heavy atom. The number of hydrogen-bond acceptors (Lipinski definition) is 4. The van der Waals surface area contributed by atoms with Gasteiger partial charge in [0.15, 0.2) is 0 Å². The van der Waals surface area contributed by atoms with Gasteiger partial charge in [0, 0.05) is 37.3 Å². The van der Waals surface area contributed by atoms with Crippen LogP contribution in [0.5, 0.6) is 0 Å². The molecule has 2 heterocycles. The van der Waals surface area contributed by atoms with E-state index in [1.54, 1.807) is 0 Å². The minimum atomic E-state index is 0.304. The van der Waals surface area contributed by atoms with E-state index in [0.717, 1.165) is 25.3 Å². The highest BCUT2D eigenvalue weighted by Gasteiger charge is 2.07. The number of nitrogens with one attached hydrogen (secondary N) is 2. The smallest absolute Gasteiger partial charge is 0.137 e. The van der Waals surface area contributed by atoms with Crippen molar-refractivity contribution in [1.82, 2.24) is 30.3 Å². The molecule has 2 aromatic heterocycles. The Kier molecular flexibility index (Phi) is 3.87. The Morgan fingerprint density at radius 1 is 1.53 bits per heavy atom. The van der Waals surface area contributed by atoms with Crippen LogP contribution >= 0.6 is 0 Å². The van der Waals surface area contributed by atoms with Gasteiger partial charge in [-0.25, -0.2) is 4.98 Å². The van der Waals surface area contributed by atoms with Gasteiger partial charge in [-0.2, -0.15) is 10.2 Å². The lowest BCUT2D eigenvalue weighted by Crippen LogP contribution is -2.21. The van der Waals surface area contributed by atoms with Gasteiger partial charge in [-0.1, -0.05) is 0 Å². The van der Waals surface area contributed by atoms with Gasteiger partial charge in [-0.15, -0.1) is 0 Å². The topological polar surface area (TPSA) is 71.4 Å². The molecular formula is C11H18N6. The zero-order valence-electron chi connectivity index (χ0n) is 10.2. The van der Waals surface area contributed by atoms with Gasteiger partial charge in [0.25, 0.3) is 0 Å². The van der Waals surface area contributed by atoms with Gasteiger partial charge in [-0.3, -0.25) is 9.78 Å². The molecule has 0 aromatic carbocycles. The van der Waals surface area contributed by atoms with E-state index in [1.165, 1.54) is 11.9 Å². The number of aromatic amines is 1. The quantitative estimate of drug-likeness (QED) is 0.779. The van der Waals surface area contributed by atoms with Crippen molar-refractivity contribution < 1.29 is 0 Å². The number of aromatic nitrogens is 5. The Morgan fingerprint density at radius 3 is 3.06 bits per heavy atom. The van der Waals surface area contributed by atoms with Gasteiger partial charge in [0.05, 0.1) is 6.20 Å². The summed E-state index contributed by atoms with van der Waals surface area (Å²) in [6.45, 7) is 5.99. The summed E-state index contributed by atoms with van der Waals surface area (Å²) in [5.74, 6) is 0.911. The molecule has 0 amide bonds. The van der Waals surface area contributed by atoms with Gasteiger partial charge in [0.1, 0.15) is 12.2 Å². The second-order valence-corrected chi connectivity index (χ2v) is 3.99. The van der Waals surface area contributed by atoms with Crippen LogP contribution in [-0.2, 0) is 13.0 Å². The molecule has 2 rings (SSSR count). The lowest BCUT2D eigenvalue weighted by atomic mass is 10.2. The molecule has 0 aliphatic carbocycles. The molecule has 1 unspecified atom stereocenters. The molecule has 0 aliphatic rings. The highest BCUT2D eigenvalue weighted by molar-refractivity contribution is 5.09. The fourth-order valence-corrected chi connectivity index (χ4v) is 1.65. The van der Waals surface area contributed by atoms with E-state index < -0.39 is 0 Å². The molecule has 17 heavy (non-hydrogen) atoms. The van der Waals surface area contributed by atoms with Crippen molar-refractivity contribution in [3.05, 3.63) is 30.1 Å². The van der Waals surface area contributed by atoms with E-state index in [0.29, 0.717) is 6.04 Å². The number of H-pyrrole nitrogens is 1. The molecule has 2 aromatic rings. The molecule has 6 nitrogen and oxygen atoms in total. The number of hydrogen-bond donors (Lipinski definition) is 2. The van der Waals surface area contributed by atoms with Crippen LogP contribution in [0.2, 0.25) is 0 Å². The summed E-state index contributed by atoms with van der Waals surface area (Å²) in [7, 11) is 0. The molecule has 0 fully saturated rings. The van der Waals surface area contributed by atoms with E-state index in [2.05, 4.69) is 45.6 Å². The van der Waals surface area contributed by atoms with Gasteiger partial charge in [0.2, 0.25) is 0 Å². The van der Waals surface area contributed by atoms with Crippen molar-refractivity contribution in [2.45, 2.75) is 32.9 Å². The molecule has 0 aliphatic heterocycles. The summed E-state index contributed by atoms with van der Waals surface area (Å²) in [5.41, 5.74) is 1.21. The van der Waals surface area contributed by atoms with E-state index in [9.17, 15) is 0 Å². The third-order valence-electron chi connectivity index (χ3n) is 2.75. The van der Waals surface area contributed by atoms with E-state index >= 15 is 0 Å². The van der Waals surface area contributed by atoms with Crippen molar-refractivity contribution in [1.29, 1.82) is 0 Å². The molecule has 0 radical (unpaired) electrons. The van der Waals surface area contributed by atoms with Crippen LogP contribution in [-0.4, -0.2) is 31.5 Å². The minimum Gasteiger partial charge on any atom is -0.310 e. The van der Waals surface area contributed by atoms with Crippen molar-refractivity contribution in [2.75, 3.05) is 6.54 Å². The Bertz CT molecular complexity index is 433. The van der Waals surface area contributed by atoms with E-state index in [1.807, 2.05) is 10.9 Å². The first kappa shape index (κ1) is 11.8. The maximum atomic E-state index is 4.26. The van der Waals surface area contributed by atoms with E-state index in [4.69, 9.17) is 0 Å². The number of aryl methyl sites for hydroxylation is 1. The average Bonchev–Trinajstić information content (AvgIpc) is 2.99. The molecule has 92 valence electrons. The highest BCUT2D eigenvalue weighted by Crippen LogP contribution is 2.10. The lowest BCUT2D eigenvalue weighted by molar-refractivity contribution is 0.569. The van der Waals surface area contributed by atoms with Gasteiger partial charge >= 0.3 is 0 Å². The van der Waals surface area contributed by atoms with Crippen molar-refractivity contribution in [3.8, 4) is 0 Å². The SMILES string of the molecule is CCn1cc(C(C)NCCc2ncn[nH]2)cn1. The fourth-order valence-electron chi connectivity index (χ4n) is 1.65. The zero-order valence-corrected chi connectivity index (χ0v) is 10.2. The second kappa shape index (κ2) is 5.58. The van der Waals surface area contributed by atoms with Crippen LogP contribution in [0.15, 0.2) is 18.7 Å². The zero-order chi connectivity index (χ0) is 12.1. The molecule has 2 N–H and O–H groups in total. The number of rotatable bonds is 6. The summed E-state index contributed by atoms with van der Waals surface area (Å²) in [6.07, 6.45) is 6.37. The van der Waals surface area contributed by atoms with E-state index in [-0.39, 0.29) is 0 Å². The van der Waals surface area contributed by atoms with Crippen molar-refractivity contribution >= 4 is 0 Å². The summed E-state index contributed by atoms with van der Waals surface area (Å²) >= 11 is 0. The van der Waals surface area contributed by atoms with Crippen molar-refractivity contribution in [3.63, 3.8) is 0 Å². The first-order valence-corrected chi connectivity index (χ1v) is 5.89. The third kappa shape index (κ3) is 3.13. The van der Waals surface area contributed by atoms with Crippen LogP contribution in [0.4, 0.5) is 0 Å². The lowest BCUT2D eigenvalue weighted by Gasteiger charge is -2.10. The van der Waals surface area contributed by atoms with Crippen LogP contribution in [0.3, 0.4) is 0 Å². The van der Waals surface area contributed by atoms with Crippen LogP contribution in [0, 0.1) is 0 Å². The summed E-state index contributed by atoms with van der Waals surface area (Å²) in [4.78, 5) is 4.08. The van der Waals surface area contributed by atoms with Crippen molar-refractivity contribution in [2.24, 2.45) is 0 Å². The molecule has 0 spiro atoms. The molecule has 0 saturated heterocycles. The highest BCUT2D eigenvalue weighted by atomic mass is 15.3. The largest absolute Gasteiger partial charge is 0.310 e. The minimum absolute atomic E-state index is 0.304.